The smallest absolute Gasteiger partial charge is 0.322 e. The van der Waals surface area contributed by atoms with E-state index >= 15 is 4.79 Å². The van der Waals surface area contributed by atoms with E-state index in [1.54, 1.807) is 60.8 Å². The molecule has 0 bridgehead atoms. The normalized spacial score (nSPS) is 16.0. The van der Waals surface area contributed by atoms with E-state index in [-0.39, 0.29) is 56.7 Å². The highest BCUT2D eigenvalue weighted by molar-refractivity contribution is 6.00. The Morgan fingerprint density at radius 1 is 0.559 bits per heavy atom. The minimum atomic E-state index is -1.83. The molecule has 5 aromatic rings. The summed E-state index contributed by atoms with van der Waals surface area (Å²) in [5.41, 5.74) is 14.8. The summed E-state index contributed by atoms with van der Waals surface area (Å²) in [5.74, 6) is -11.4. The maximum Gasteiger partial charge on any atom is 0.322 e. The van der Waals surface area contributed by atoms with Gasteiger partial charge >= 0.3 is 5.97 Å². The van der Waals surface area contributed by atoms with E-state index in [1.165, 1.54) is 49.9 Å². The number of carbonyl (C=O) groups excluding carboxylic acids is 11. The number of nitrogens with zero attached hydrogens (tertiary/aromatic N) is 1. The summed E-state index contributed by atoms with van der Waals surface area (Å²) in [6.07, 6.45) is -0.599. The third-order valence-corrected chi connectivity index (χ3v) is 15.5. The molecular formula is C65H83N13O15. The summed E-state index contributed by atoms with van der Waals surface area (Å²) in [6.45, 7) is 6.83. The van der Waals surface area contributed by atoms with E-state index in [9.17, 15) is 63.0 Å². The van der Waals surface area contributed by atoms with Crippen LogP contribution >= 0.6 is 0 Å². The number of aliphatic carboxylic acids is 1. The van der Waals surface area contributed by atoms with Gasteiger partial charge in [0, 0.05) is 42.9 Å². The number of para-hydroxylation sites is 1. The molecule has 1 aliphatic heterocycles. The Morgan fingerprint density at radius 3 is 1.63 bits per heavy atom. The number of nitrogens with one attached hydrogen (secondary N) is 10. The van der Waals surface area contributed by atoms with Crippen molar-refractivity contribution in [3.8, 4) is 5.75 Å². The maximum atomic E-state index is 15.0. The summed E-state index contributed by atoms with van der Waals surface area (Å²) in [6, 6.07) is 16.2. The van der Waals surface area contributed by atoms with Crippen molar-refractivity contribution < 1.29 is 72.9 Å². The van der Waals surface area contributed by atoms with Crippen molar-refractivity contribution in [2.24, 2.45) is 17.4 Å². The van der Waals surface area contributed by atoms with Crippen LogP contribution in [0.2, 0.25) is 0 Å². The third kappa shape index (κ3) is 21.7. The quantitative estimate of drug-likeness (QED) is 0.0237. The zero-order valence-corrected chi connectivity index (χ0v) is 52.3. The monoisotopic (exact) mass is 1290 g/mol. The number of nitrogens with two attached hydrogens (primary N) is 2. The first kappa shape index (κ1) is 71.9. The largest absolute Gasteiger partial charge is 0.508 e. The molecule has 0 unspecified atom stereocenters. The van der Waals surface area contributed by atoms with E-state index in [1.807, 2.05) is 44.2 Å². The first-order valence-electron chi connectivity index (χ1n) is 30.5. The van der Waals surface area contributed by atoms with Gasteiger partial charge in [0.1, 0.15) is 66.7 Å². The number of fused-ring (bicyclic) bond motifs is 1. The van der Waals surface area contributed by atoms with Crippen LogP contribution < -0.4 is 59.3 Å². The first-order valence-corrected chi connectivity index (χ1v) is 30.5. The number of likely N-dealkylation sites (tertiary alicyclic amines) is 1. The molecule has 1 aliphatic rings. The molecule has 11 atom stereocenters. The van der Waals surface area contributed by atoms with Gasteiger partial charge in [0.25, 0.3) is 0 Å². The number of carbonyl (C=O) groups is 12. The zero-order valence-electron chi connectivity index (χ0n) is 52.3. The number of rotatable bonds is 33. The summed E-state index contributed by atoms with van der Waals surface area (Å²) < 4.78 is 0. The molecule has 28 heteroatoms. The van der Waals surface area contributed by atoms with E-state index in [0.29, 0.717) is 34.0 Å². The maximum absolute atomic E-state index is 15.0. The number of carboxylic acids is 1. The minimum absolute atomic E-state index is 0.100. The van der Waals surface area contributed by atoms with Crippen LogP contribution in [0.25, 0.3) is 10.9 Å². The molecule has 0 saturated carbocycles. The fourth-order valence-electron chi connectivity index (χ4n) is 10.5. The second-order valence-corrected chi connectivity index (χ2v) is 23.5. The van der Waals surface area contributed by atoms with Gasteiger partial charge in [-0.15, -0.1) is 0 Å². The average molecular weight is 1290 g/mol. The van der Waals surface area contributed by atoms with Gasteiger partial charge < -0.3 is 84.5 Å². The fourth-order valence-corrected chi connectivity index (χ4v) is 10.5. The molecule has 11 amide bonds. The Hall–Kier alpha value is -10.2. The van der Waals surface area contributed by atoms with Gasteiger partial charge in [0.15, 0.2) is 0 Å². The van der Waals surface area contributed by atoms with Crippen LogP contribution in [0.15, 0.2) is 115 Å². The lowest BCUT2D eigenvalue weighted by Crippen LogP contribution is -2.61. The lowest BCUT2D eigenvalue weighted by molar-refractivity contribution is -0.143. The van der Waals surface area contributed by atoms with Crippen molar-refractivity contribution in [1.82, 2.24) is 57.7 Å². The van der Waals surface area contributed by atoms with E-state index in [0.717, 1.165) is 5.56 Å². The number of aliphatic hydroxyl groups excluding tert-OH is 1. The molecule has 1 aromatic heterocycles. The van der Waals surface area contributed by atoms with Gasteiger partial charge in [-0.3, -0.25) is 57.5 Å². The molecule has 93 heavy (non-hydrogen) atoms. The minimum Gasteiger partial charge on any atom is -0.508 e. The second-order valence-electron chi connectivity index (χ2n) is 23.5. The molecule has 1 fully saturated rings. The molecule has 0 aliphatic carbocycles. The topological polar surface area (TPSA) is 445 Å². The molecule has 1 saturated heterocycles. The number of amides is 11. The van der Waals surface area contributed by atoms with Crippen molar-refractivity contribution in [3.63, 3.8) is 0 Å². The summed E-state index contributed by atoms with van der Waals surface area (Å²) in [7, 11) is 0. The molecule has 28 nitrogen and oxygen atoms in total. The van der Waals surface area contributed by atoms with E-state index < -0.39 is 150 Å². The number of phenolic OH excluding ortho intramolecular Hbond substituents is 1. The van der Waals surface area contributed by atoms with Crippen molar-refractivity contribution in [3.05, 3.63) is 138 Å². The number of aliphatic hydroxyl groups is 1. The SMILES string of the molecule is CC(C)C[C@H](NC(=O)[C@H](C)NC(=O)[C@@H](N)Cc1ccccc1)C(=O)N1CCC[C@H]1C(=O)N[C@@H](Cc1ccc(O)cc1)C(=O)N[C@@H](Cc1c[nH]c2ccccc12)C(=O)N[C@@H](CC(N)=O)C(=O)N[C@@H](Cc1ccccc1)C(=O)N[C@@H](C)C(=O)N[C@H](C(=O)NCC(=O)O)[C@@H](C)O. The molecule has 0 spiro atoms. The van der Waals surface area contributed by atoms with Crippen LogP contribution in [-0.4, -0.2) is 176 Å². The average Bonchev–Trinajstić information content (AvgIpc) is 1.76. The van der Waals surface area contributed by atoms with Gasteiger partial charge in [-0.2, -0.15) is 0 Å². The van der Waals surface area contributed by atoms with Crippen LogP contribution in [0.3, 0.4) is 0 Å². The number of phenols is 1. The summed E-state index contributed by atoms with van der Waals surface area (Å²) in [4.78, 5) is 169. The highest BCUT2D eigenvalue weighted by Crippen LogP contribution is 2.23. The number of hydrogen-bond acceptors (Lipinski definition) is 15. The molecule has 6 rings (SSSR count). The second kappa shape index (κ2) is 34.3. The van der Waals surface area contributed by atoms with Gasteiger partial charge in [-0.1, -0.05) is 105 Å². The third-order valence-electron chi connectivity index (χ3n) is 15.5. The van der Waals surface area contributed by atoms with Crippen molar-refractivity contribution in [2.75, 3.05) is 13.1 Å². The van der Waals surface area contributed by atoms with Crippen LogP contribution in [-0.2, 0) is 83.2 Å². The molecule has 498 valence electrons. The summed E-state index contributed by atoms with van der Waals surface area (Å²) in [5, 5.41) is 52.8. The molecule has 2 heterocycles. The predicted octanol–water partition coefficient (Wildman–Crippen LogP) is -1.12. The molecule has 4 aromatic carbocycles. The Balaban J connectivity index is 1.24. The number of hydrogen-bond donors (Lipinski definition) is 15. The number of carboxylic acid groups (broad SMARTS) is 1. The van der Waals surface area contributed by atoms with Crippen LogP contribution in [0.1, 0.15) is 82.6 Å². The highest BCUT2D eigenvalue weighted by atomic mass is 16.4. The fraction of sp³-hybridized carbons (Fsp3) is 0.415. The number of aromatic nitrogens is 1. The number of primary amides is 1. The van der Waals surface area contributed by atoms with E-state index in [4.69, 9.17) is 16.6 Å². The molecular weight excluding hydrogens is 1200 g/mol. The zero-order chi connectivity index (χ0) is 68.1. The molecule has 17 N–H and O–H groups in total. The first-order chi connectivity index (χ1) is 44.2. The Bertz CT molecular complexity index is 3460. The van der Waals surface area contributed by atoms with Gasteiger partial charge in [0.05, 0.1) is 18.6 Å². The number of aromatic hydroxyl groups is 1. The Kier molecular flexibility index (Phi) is 26.5. The van der Waals surface area contributed by atoms with Crippen molar-refractivity contribution >= 4 is 81.9 Å². The lowest BCUT2D eigenvalue weighted by Gasteiger charge is -2.31. The standard InChI is InChI=1S/C65H83N13O15/c1-35(2)27-51(76-56(84)36(3)70-58(86)45(66)28-39-15-8-6-9-16-39)65(93)78-26-14-21-52(78)63(91)75-48(30-41-22-24-43(80)25-23-41)60(88)73-49(31-42-33-68-46-20-13-12-19-44(42)46)61(89)74-50(32-53(67)81)62(90)72-47(29-40-17-10-7-11-18-40)59(87)71-37(4)57(85)77-55(38(5)79)64(92)69-34-54(82)83/h6-13,15-20,22-25,33,35-38,45,47-52,55,68,79-80H,14,21,26-32,34,66H2,1-5H3,(H2,67,81)(H,69,92)(H,70,86)(H,71,87)(H,72,90)(H,73,88)(H,74,89)(H,75,91)(H,76,84)(H,77,85)(H,82,83)/t36-,37-,38+,45-,47-,48-,49-,50-,51-,52-,55-/m0/s1. The van der Waals surface area contributed by atoms with Crippen LogP contribution in [0.4, 0.5) is 0 Å². The van der Waals surface area contributed by atoms with Gasteiger partial charge in [0.2, 0.25) is 65.0 Å². The van der Waals surface area contributed by atoms with Crippen LogP contribution in [0.5, 0.6) is 5.75 Å². The van der Waals surface area contributed by atoms with Crippen molar-refractivity contribution in [2.45, 2.75) is 153 Å². The highest BCUT2D eigenvalue weighted by Gasteiger charge is 2.41. The van der Waals surface area contributed by atoms with Gasteiger partial charge in [-0.25, -0.2) is 0 Å². The van der Waals surface area contributed by atoms with Crippen LogP contribution in [0, 0.1) is 5.92 Å². The van der Waals surface area contributed by atoms with E-state index in [2.05, 4.69) is 52.8 Å². The Labute approximate surface area is 536 Å². The number of benzene rings is 4. The lowest BCUT2D eigenvalue weighted by atomic mass is 10.0. The number of aromatic amines is 1. The van der Waals surface area contributed by atoms with Gasteiger partial charge in [-0.05, 0) is 92.8 Å². The molecule has 0 radical (unpaired) electrons. The predicted molar refractivity (Wildman–Crippen MR) is 339 cm³/mol. The summed E-state index contributed by atoms with van der Waals surface area (Å²) >= 11 is 0. The van der Waals surface area contributed by atoms with Crippen molar-refractivity contribution in [1.29, 1.82) is 0 Å². The number of H-pyrrole nitrogens is 1. The Morgan fingerprint density at radius 2 is 1.05 bits per heavy atom.